The number of anilines is 2. The lowest BCUT2D eigenvalue weighted by Crippen LogP contribution is -1.93. The van der Waals surface area contributed by atoms with Crippen LogP contribution in [0.25, 0.3) is 0 Å². The molecule has 1 heterocycles. The molecule has 1 aromatic heterocycles. The van der Waals surface area contributed by atoms with Gasteiger partial charge < -0.3 is 5.32 Å². The summed E-state index contributed by atoms with van der Waals surface area (Å²) in [4.78, 5) is 0. The van der Waals surface area contributed by atoms with E-state index in [9.17, 15) is 0 Å². The molecule has 17 heavy (non-hydrogen) atoms. The van der Waals surface area contributed by atoms with Gasteiger partial charge in [-0.25, -0.2) is 0 Å². The number of aryl methyl sites for hydroxylation is 1. The average molecular weight is 264 g/mol. The van der Waals surface area contributed by atoms with Gasteiger partial charge in [-0.1, -0.05) is 17.7 Å². The first-order valence-corrected chi connectivity index (χ1v) is 6.17. The second-order valence-electron chi connectivity index (χ2n) is 3.62. The van der Waals surface area contributed by atoms with Crippen molar-refractivity contribution in [1.29, 1.82) is 5.26 Å². The Bertz CT molecular complexity index is 598. The molecule has 2 rings (SSSR count). The van der Waals surface area contributed by atoms with E-state index in [4.69, 9.17) is 16.9 Å². The molecule has 0 atom stereocenters. The monoisotopic (exact) mass is 263 g/mol. The molecule has 0 saturated carbocycles. The second-order valence-corrected chi connectivity index (χ2v) is 4.80. The van der Waals surface area contributed by atoms with Crippen LogP contribution in [0.4, 0.5) is 10.7 Å². The summed E-state index contributed by atoms with van der Waals surface area (Å²) in [5, 5.41) is 13.7. The van der Waals surface area contributed by atoms with Gasteiger partial charge in [0.15, 0.2) is 0 Å². The summed E-state index contributed by atoms with van der Waals surface area (Å²) in [5.74, 6) is 0. The highest BCUT2D eigenvalue weighted by Gasteiger charge is 2.11. The van der Waals surface area contributed by atoms with Gasteiger partial charge in [-0.2, -0.15) is 9.64 Å². The second kappa shape index (κ2) is 4.74. The minimum atomic E-state index is 0.592. The molecule has 0 aliphatic carbocycles. The van der Waals surface area contributed by atoms with Crippen molar-refractivity contribution in [1.82, 2.24) is 4.37 Å². The van der Waals surface area contributed by atoms with Crippen molar-refractivity contribution in [2.45, 2.75) is 13.8 Å². The van der Waals surface area contributed by atoms with Gasteiger partial charge in [-0.3, -0.25) is 0 Å². The first-order chi connectivity index (χ1) is 8.13. The summed E-state index contributed by atoms with van der Waals surface area (Å²) in [7, 11) is 0. The van der Waals surface area contributed by atoms with Crippen molar-refractivity contribution in [2.75, 3.05) is 5.32 Å². The Morgan fingerprint density at radius 2 is 2.18 bits per heavy atom. The molecule has 1 N–H and O–H groups in total. The van der Waals surface area contributed by atoms with Crippen LogP contribution < -0.4 is 5.32 Å². The molecule has 86 valence electrons. The Balaban J connectivity index is 2.39. The van der Waals surface area contributed by atoms with E-state index in [2.05, 4.69) is 15.8 Å². The third-order valence-corrected chi connectivity index (χ3v) is 3.75. The number of benzene rings is 1. The lowest BCUT2D eigenvalue weighted by Gasteiger charge is -2.08. The third-order valence-electron chi connectivity index (χ3n) is 2.49. The molecule has 1 aromatic carbocycles. The predicted octanol–water partition coefficient (Wildman–Crippen LogP) is 4.03. The standard InChI is InChI=1S/C12H10ClN3S/c1-7-10(13)4-3-5-11(7)15-12-9(6-14)8(2)16-17-12/h3-5,15H,1-2H3. The highest BCUT2D eigenvalue weighted by atomic mass is 35.5. The van der Waals surface area contributed by atoms with Crippen LogP contribution in [0.1, 0.15) is 16.8 Å². The Morgan fingerprint density at radius 1 is 1.41 bits per heavy atom. The summed E-state index contributed by atoms with van der Waals surface area (Å²) in [6.07, 6.45) is 0. The smallest absolute Gasteiger partial charge is 0.132 e. The maximum atomic E-state index is 9.04. The number of aromatic nitrogens is 1. The number of hydrogen-bond acceptors (Lipinski definition) is 4. The molecule has 0 aliphatic rings. The van der Waals surface area contributed by atoms with E-state index in [0.717, 1.165) is 21.9 Å². The van der Waals surface area contributed by atoms with Crippen LogP contribution in [0.3, 0.4) is 0 Å². The predicted molar refractivity (Wildman–Crippen MR) is 71.0 cm³/mol. The van der Waals surface area contributed by atoms with Crippen molar-refractivity contribution >= 4 is 33.8 Å². The molecule has 0 bridgehead atoms. The van der Waals surface area contributed by atoms with Crippen LogP contribution >= 0.6 is 23.1 Å². The number of rotatable bonds is 2. The fraction of sp³-hybridized carbons (Fsp3) is 0.167. The average Bonchev–Trinajstić information content (AvgIpc) is 2.66. The molecule has 2 aromatic rings. The van der Waals surface area contributed by atoms with Crippen LogP contribution in [0.15, 0.2) is 18.2 Å². The third kappa shape index (κ3) is 2.26. The van der Waals surface area contributed by atoms with Gasteiger partial charge in [0.1, 0.15) is 16.6 Å². The summed E-state index contributed by atoms with van der Waals surface area (Å²) < 4.78 is 4.16. The van der Waals surface area contributed by atoms with Crippen LogP contribution in [-0.2, 0) is 0 Å². The molecule has 0 spiro atoms. The molecule has 0 saturated heterocycles. The number of halogens is 1. The molecule has 0 unspecified atom stereocenters. The van der Waals surface area contributed by atoms with Crippen molar-refractivity contribution in [2.24, 2.45) is 0 Å². The molecular weight excluding hydrogens is 254 g/mol. The largest absolute Gasteiger partial charge is 0.345 e. The zero-order valence-corrected chi connectivity index (χ0v) is 11.0. The van der Waals surface area contributed by atoms with E-state index < -0.39 is 0 Å². The van der Waals surface area contributed by atoms with Gasteiger partial charge in [0.25, 0.3) is 0 Å². The van der Waals surface area contributed by atoms with E-state index in [0.29, 0.717) is 10.6 Å². The number of nitrogens with one attached hydrogen (secondary N) is 1. The van der Waals surface area contributed by atoms with Crippen LogP contribution in [0, 0.1) is 25.2 Å². The topological polar surface area (TPSA) is 48.7 Å². The Hall–Kier alpha value is -1.57. The Labute approximate surface area is 109 Å². The molecule has 0 radical (unpaired) electrons. The number of nitriles is 1. The van der Waals surface area contributed by atoms with Gasteiger partial charge in [0, 0.05) is 10.7 Å². The van der Waals surface area contributed by atoms with Crippen molar-refractivity contribution in [3.05, 3.63) is 40.0 Å². The summed E-state index contributed by atoms with van der Waals surface area (Å²) in [6.45, 7) is 3.76. The molecular formula is C12H10ClN3S. The van der Waals surface area contributed by atoms with Crippen molar-refractivity contribution < 1.29 is 0 Å². The normalized spacial score (nSPS) is 10.0. The molecule has 5 heteroatoms. The Kier molecular flexibility index (Phi) is 3.32. The van der Waals surface area contributed by atoms with E-state index in [-0.39, 0.29) is 0 Å². The fourth-order valence-corrected chi connectivity index (χ4v) is 2.39. The SMILES string of the molecule is Cc1nsc(Nc2cccc(Cl)c2C)c1C#N. The fourth-order valence-electron chi connectivity index (χ4n) is 1.45. The summed E-state index contributed by atoms with van der Waals surface area (Å²) in [6, 6.07) is 7.79. The van der Waals surface area contributed by atoms with E-state index in [1.54, 1.807) is 0 Å². The van der Waals surface area contributed by atoms with Crippen molar-refractivity contribution in [3.8, 4) is 6.07 Å². The Morgan fingerprint density at radius 3 is 2.88 bits per heavy atom. The van der Waals surface area contributed by atoms with Gasteiger partial charge in [-0.15, -0.1) is 0 Å². The molecule has 3 nitrogen and oxygen atoms in total. The van der Waals surface area contributed by atoms with E-state index in [1.807, 2.05) is 32.0 Å². The first kappa shape index (κ1) is 11.9. The number of hydrogen-bond donors (Lipinski definition) is 1. The van der Waals surface area contributed by atoms with Crippen molar-refractivity contribution in [3.63, 3.8) is 0 Å². The zero-order chi connectivity index (χ0) is 12.4. The lowest BCUT2D eigenvalue weighted by molar-refractivity contribution is 1.31. The van der Waals surface area contributed by atoms with Crippen LogP contribution in [-0.4, -0.2) is 4.37 Å². The van der Waals surface area contributed by atoms with Gasteiger partial charge in [0.2, 0.25) is 0 Å². The highest BCUT2D eigenvalue weighted by molar-refractivity contribution is 7.10. The first-order valence-electron chi connectivity index (χ1n) is 5.02. The minimum Gasteiger partial charge on any atom is -0.345 e. The van der Waals surface area contributed by atoms with Crippen LogP contribution in [0.2, 0.25) is 5.02 Å². The van der Waals surface area contributed by atoms with Gasteiger partial charge >= 0.3 is 0 Å². The molecule has 0 amide bonds. The van der Waals surface area contributed by atoms with E-state index >= 15 is 0 Å². The summed E-state index contributed by atoms with van der Waals surface area (Å²) in [5.41, 5.74) is 3.20. The quantitative estimate of drug-likeness (QED) is 0.890. The maximum absolute atomic E-state index is 9.04. The minimum absolute atomic E-state index is 0.592. The lowest BCUT2D eigenvalue weighted by atomic mass is 10.2. The molecule has 0 aliphatic heterocycles. The number of nitrogens with zero attached hydrogens (tertiary/aromatic N) is 2. The summed E-state index contributed by atoms with van der Waals surface area (Å²) >= 11 is 7.33. The molecule has 0 fully saturated rings. The maximum Gasteiger partial charge on any atom is 0.132 e. The van der Waals surface area contributed by atoms with Gasteiger partial charge in [0.05, 0.1) is 5.69 Å². The van der Waals surface area contributed by atoms with E-state index in [1.165, 1.54) is 11.5 Å². The van der Waals surface area contributed by atoms with Gasteiger partial charge in [-0.05, 0) is 43.1 Å². The zero-order valence-electron chi connectivity index (χ0n) is 9.41. The highest BCUT2D eigenvalue weighted by Crippen LogP contribution is 2.30. The van der Waals surface area contributed by atoms with Crippen LogP contribution in [0.5, 0.6) is 0 Å².